The minimum absolute atomic E-state index is 0.873. The highest BCUT2D eigenvalue weighted by molar-refractivity contribution is 5.71. The van der Waals surface area contributed by atoms with E-state index in [0.717, 1.165) is 22.7 Å². The molecule has 3 aromatic rings. The summed E-state index contributed by atoms with van der Waals surface area (Å²) in [6.45, 7) is 6.28. The Labute approximate surface area is 118 Å². The molecule has 0 radical (unpaired) electrons. The number of imidazole rings is 1. The number of pyridine rings is 1. The van der Waals surface area contributed by atoms with Gasteiger partial charge in [0.15, 0.2) is 0 Å². The van der Waals surface area contributed by atoms with Crippen molar-refractivity contribution < 1.29 is 4.74 Å². The molecule has 0 fully saturated rings. The number of benzene rings is 1. The number of aromatic nitrogens is 2. The quantitative estimate of drug-likeness (QED) is 0.702. The van der Waals surface area contributed by atoms with E-state index in [1.165, 1.54) is 16.8 Å². The molecule has 102 valence electrons. The van der Waals surface area contributed by atoms with Gasteiger partial charge in [0.05, 0.1) is 19.0 Å². The smallest absolute Gasteiger partial charge is 0.137 e. The first-order chi connectivity index (χ1) is 9.60. The third-order valence-electron chi connectivity index (χ3n) is 3.57. The zero-order valence-corrected chi connectivity index (χ0v) is 12.3. The van der Waals surface area contributed by atoms with E-state index in [1.807, 2.05) is 12.3 Å². The van der Waals surface area contributed by atoms with Crippen LogP contribution in [0.15, 0.2) is 36.5 Å². The van der Waals surface area contributed by atoms with E-state index in [9.17, 15) is 0 Å². The molecule has 3 nitrogen and oxygen atoms in total. The van der Waals surface area contributed by atoms with Gasteiger partial charge in [-0.25, -0.2) is 4.98 Å². The second-order valence-electron chi connectivity index (χ2n) is 5.21. The normalized spacial score (nSPS) is 11.0. The maximum Gasteiger partial charge on any atom is 0.137 e. The fourth-order valence-electron chi connectivity index (χ4n) is 2.69. The second kappa shape index (κ2) is 4.67. The number of ether oxygens (including phenoxy) is 1. The maximum absolute atomic E-state index is 5.50. The van der Waals surface area contributed by atoms with E-state index in [0.29, 0.717) is 0 Å². The molecule has 1 aromatic carbocycles. The number of fused-ring (bicyclic) bond motifs is 1. The molecule has 2 heterocycles. The first kappa shape index (κ1) is 12.7. The molecule has 3 heteroatoms. The molecule has 0 unspecified atom stereocenters. The van der Waals surface area contributed by atoms with Crippen molar-refractivity contribution in [1.29, 1.82) is 0 Å². The zero-order valence-electron chi connectivity index (χ0n) is 12.3. The fourth-order valence-corrected chi connectivity index (χ4v) is 2.69. The highest BCUT2D eigenvalue weighted by Crippen LogP contribution is 2.32. The van der Waals surface area contributed by atoms with Crippen LogP contribution in [0.4, 0.5) is 0 Å². The minimum Gasteiger partial charge on any atom is -0.496 e. The van der Waals surface area contributed by atoms with Gasteiger partial charge < -0.3 is 4.74 Å². The van der Waals surface area contributed by atoms with Crippen LogP contribution < -0.4 is 4.74 Å². The van der Waals surface area contributed by atoms with Crippen molar-refractivity contribution in [2.45, 2.75) is 20.8 Å². The van der Waals surface area contributed by atoms with Crippen LogP contribution in [0.2, 0.25) is 0 Å². The lowest BCUT2D eigenvalue weighted by Gasteiger charge is -2.11. The van der Waals surface area contributed by atoms with Gasteiger partial charge in [-0.15, -0.1) is 0 Å². The SMILES string of the molecule is COc1ccc(C)cc1-c1cnc2cc(C)cc(C)n12. The summed E-state index contributed by atoms with van der Waals surface area (Å²) in [5.74, 6) is 0.873. The summed E-state index contributed by atoms with van der Waals surface area (Å²) >= 11 is 0. The van der Waals surface area contributed by atoms with Gasteiger partial charge in [0.2, 0.25) is 0 Å². The number of nitrogens with zero attached hydrogens (tertiary/aromatic N) is 2. The molecule has 2 aromatic heterocycles. The standard InChI is InChI=1S/C17H18N2O/c1-11-5-6-16(20-4)14(8-11)15-10-18-17-9-12(2)7-13(3)19(15)17/h5-10H,1-4H3. The number of hydrogen-bond donors (Lipinski definition) is 0. The molecule has 0 saturated carbocycles. The van der Waals surface area contributed by atoms with Crippen molar-refractivity contribution in [3.63, 3.8) is 0 Å². The monoisotopic (exact) mass is 266 g/mol. The summed E-state index contributed by atoms with van der Waals surface area (Å²) in [4.78, 5) is 4.53. The summed E-state index contributed by atoms with van der Waals surface area (Å²) < 4.78 is 7.67. The van der Waals surface area contributed by atoms with Gasteiger partial charge >= 0.3 is 0 Å². The molecule has 3 rings (SSSR count). The molecule has 0 spiro atoms. The molecular formula is C17H18N2O. The van der Waals surface area contributed by atoms with Crippen molar-refractivity contribution in [3.8, 4) is 17.0 Å². The van der Waals surface area contributed by atoms with Crippen molar-refractivity contribution in [1.82, 2.24) is 9.38 Å². The Balaban J connectivity index is 2.33. The van der Waals surface area contributed by atoms with Crippen molar-refractivity contribution >= 4 is 5.65 Å². The molecule has 0 atom stereocenters. The highest BCUT2D eigenvalue weighted by Gasteiger charge is 2.13. The summed E-state index contributed by atoms with van der Waals surface area (Å²) in [7, 11) is 1.70. The molecule has 20 heavy (non-hydrogen) atoms. The number of aryl methyl sites for hydroxylation is 3. The Kier molecular flexibility index (Phi) is 2.97. The lowest BCUT2D eigenvalue weighted by Crippen LogP contribution is -1.96. The third kappa shape index (κ3) is 1.95. The topological polar surface area (TPSA) is 26.5 Å². The molecule has 0 saturated heterocycles. The number of methoxy groups -OCH3 is 1. The first-order valence-corrected chi connectivity index (χ1v) is 6.70. The van der Waals surface area contributed by atoms with Gasteiger partial charge in [0.25, 0.3) is 0 Å². The summed E-state index contributed by atoms with van der Waals surface area (Å²) in [5, 5.41) is 0. The molecule has 0 amide bonds. The van der Waals surface area contributed by atoms with Crippen molar-refractivity contribution in [2.75, 3.05) is 7.11 Å². The summed E-state index contributed by atoms with van der Waals surface area (Å²) in [5.41, 5.74) is 6.73. The number of hydrogen-bond acceptors (Lipinski definition) is 2. The Bertz CT molecular complexity index is 787. The van der Waals surface area contributed by atoms with Gasteiger partial charge in [0, 0.05) is 11.3 Å². The van der Waals surface area contributed by atoms with Crippen molar-refractivity contribution in [3.05, 3.63) is 53.3 Å². The van der Waals surface area contributed by atoms with Crippen LogP contribution in [-0.4, -0.2) is 16.5 Å². The number of rotatable bonds is 2. The van der Waals surface area contributed by atoms with E-state index in [2.05, 4.69) is 54.4 Å². The second-order valence-corrected chi connectivity index (χ2v) is 5.21. The van der Waals surface area contributed by atoms with Crippen LogP contribution in [0.3, 0.4) is 0 Å². The van der Waals surface area contributed by atoms with Gasteiger partial charge in [-0.05, 0) is 50.6 Å². The van der Waals surface area contributed by atoms with Gasteiger partial charge in [-0.2, -0.15) is 0 Å². The first-order valence-electron chi connectivity index (χ1n) is 6.70. The van der Waals surface area contributed by atoms with Gasteiger partial charge in [-0.1, -0.05) is 11.6 Å². The van der Waals surface area contributed by atoms with E-state index >= 15 is 0 Å². The molecule has 0 bridgehead atoms. The van der Waals surface area contributed by atoms with E-state index in [1.54, 1.807) is 7.11 Å². The predicted octanol–water partition coefficient (Wildman–Crippen LogP) is 3.94. The maximum atomic E-state index is 5.50. The molecule has 0 aliphatic carbocycles. The summed E-state index contributed by atoms with van der Waals surface area (Å²) in [6.07, 6.45) is 1.92. The Morgan fingerprint density at radius 1 is 1.00 bits per heavy atom. The van der Waals surface area contributed by atoms with E-state index in [-0.39, 0.29) is 0 Å². The lowest BCUT2D eigenvalue weighted by molar-refractivity contribution is 0.416. The van der Waals surface area contributed by atoms with Crippen LogP contribution in [0.1, 0.15) is 16.8 Å². The molecular weight excluding hydrogens is 248 g/mol. The van der Waals surface area contributed by atoms with E-state index < -0.39 is 0 Å². The minimum atomic E-state index is 0.873. The fraction of sp³-hybridized carbons (Fsp3) is 0.235. The van der Waals surface area contributed by atoms with Gasteiger partial charge in [-0.3, -0.25) is 4.40 Å². The Morgan fingerprint density at radius 2 is 1.80 bits per heavy atom. The van der Waals surface area contributed by atoms with Crippen LogP contribution in [0, 0.1) is 20.8 Å². The molecule has 0 N–H and O–H groups in total. The van der Waals surface area contributed by atoms with Crippen LogP contribution in [0.25, 0.3) is 16.9 Å². The van der Waals surface area contributed by atoms with Gasteiger partial charge in [0.1, 0.15) is 11.4 Å². The Morgan fingerprint density at radius 3 is 2.55 bits per heavy atom. The summed E-state index contributed by atoms with van der Waals surface area (Å²) in [6, 6.07) is 10.5. The average molecular weight is 266 g/mol. The van der Waals surface area contributed by atoms with E-state index in [4.69, 9.17) is 4.74 Å². The highest BCUT2D eigenvalue weighted by atomic mass is 16.5. The van der Waals surface area contributed by atoms with Crippen LogP contribution in [-0.2, 0) is 0 Å². The zero-order chi connectivity index (χ0) is 14.3. The lowest BCUT2D eigenvalue weighted by atomic mass is 10.1. The predicted molar refractivity (Wildman–Crippen MR) is 81.4 cm³/mol. The third-order valence-corrected chi connectivity index (χ3v) is 3.57. The van der Waals surface area contributed by atoms with Crippen LogP contribution in [0.5, 0.6) is 5.75 Å². The molecule has 0 aliphatic heterocycles. The molecule has 0 aliphatic rings. The average Bonchev–Trinajstić information content (AvgIpc) is 2.82. The largest absolute Gasteiger partial charge is 0.496 e. The Hall–Kier alpha value is -2.29. The van der Waals surface area contributed by atoms with Crippen LogP contribution >= 0.6 is 0 Å². The van der Waals surface area contributed by atoms with Crippen molar-refractivity contribution in [2.24, 2.45) is 0 Å².